The molecule has 3 rings (SSSR count). The number of nitrogens with one attached hydrogen (secondary N) is 2. The summed E-state index contributed by atoms with van der Waals surface area (Å²) in [6.07, 6.45) is 3.07. The third kappa shape index (κ3) is 3.41. The van der Waals surface area contributed by atoms with Crippen LogP contribution in [0.15, 0.2) is 22.8 Å². The molecule has 0 spiro atoms. The van der Waals surface area contributed by atoms with Crippen molar-refractivity contribution in [1.29, 1.82) is 0 Å². The number of likely N-dealkylation sites (tertiary alicyclic amines) is 1. The van der Waals surface area contributed by atoms with Gasteiger partial charge in [0.05, 0.1) is 12.3 Å². The van der Waals surface area contributed by atoms with Crippen LogP contribution < -0.4 is 10.6 Å². The number of rotatable bonds is 3. The minimum atomic E-state index is -0.182. The lowest BCUT2D eigenvalue weighted by Gasteiger charge is -2.33. The molecule has 2 N–H and O–H groups in total. The second kappa shape index (κ2) is 6.53. The van der Waals surface area contributed by atoms with Crippen LogP contribution in [0.3, 0.4) is 0 Å². The van der Waals surface area contributed by atoms with Crippen LogP contribution in [-0.2, 0) is 4.79 Å². The number of nitrogens with zero attached hydrogens (tertiary/aromatic N) is 1. The summed E-state index contributed by atoms with van der Waals surface area (Å²) in [6.45, 7) is 1.40. The fraction of sp³-hybridized carbons (Fsp3) is 0.571. The first-order valence-electron chi connectivity index (χ1n) is 7.18. The summed E-state index contributed by atoms with van der Waals surface area (Å²) in [5.41, 5.74) is 0. The molecule has 1 atom stereocenters. The Bertz CT molecular complexity index is 492. The summed E-state index contributed by atoms with van der Waals surface area (Å²) in [6, 6.07) is 3.42. The summed E-state index contributed by atoms with van der Waals surface area (Å²) in [7, 11) is 0. The molecule has 2 aliphatic heterocycles. The van der Waals surface area contributed by atoms with Gasteiger partial charge in [-0.2, -0.15) is 0 Å². The average Bonchev–Trinajstić information content (AvgIpc) is 3.20. The van der Waals surface area contributed by atoms with Crippen molar-refractivity contribution in [3.8, 4) is 0 Å². The first-order valence-corrected chi connectivity index (χ1v) is 8.34. The summed E-state index contributed by atoms with van der Waals surface area (Å²) < 4.78 is 5.08. The molecule has 0 radical (unpaired) electrons. The van der Waals surface area contributed by atoms with Gasteiger partial charge in [-0.25, -0.2) is 0 Å². The number of hydrogen-bond donors (Lipinski definition) is 2. The number of thioether (sulfide) groups is 1. The molecular weight excluding hydrogens is 290 g/mol. The fourth-order valence-electron chi connectivity index (χ4n) is 2.68. The molecule has 0 aliphatic carbocycles. The third-order valence-corrected chi connectivity index (χ3v) is 4.84. The smallest absolute Gasteiger partial charge is 0.287 e. The molecule has 114 valence electrons. The highest BCUT2D eigenvalue weighted by atomic mass is 32.2. The van der Waals surface area contributed by atoms with Crippen LogP contribution in [0.25, 0.3) is 0 Å². The van der Waals surface area contributed by atoms with E-state index in [0.29, 0.717) is 18.8 Å². The third-order valence-electron chi connectivity index (χ3n) is 3.90. The van der Waals surface area contributed by atoms with Crippen molar-refractivity contribution < 1.29 is 14.0 Å². The van der Waals surface area contributed by atoms with Crippen molar-refractivity contribution in [2.45, 2.75) is 24.9 Å². The summed E-state index contributed by atoms with van der Waals surface area (Å²) in [5, 5.41) is 6.17. The van der Waals surface area contributed by atoms with Gasteiger partial charge in [0.15, 0.2) is 5.76 Å². The predicted octanol–water partition coefficient (Wildman–Crippen LogP) is 0.663. The average molecular weight is 309 g/mol. The van der Waals surface area contributed by atoms with Crippen LogP contribution in [0.5, 0.6) is 0 Å². The predicted molar refractivity (Wildman–Crippen MR) is 80.0 cm³/mol. The van der Waals surface area contributed by atoms with E-state index < -0.39 is 0 Å². The highest BCUT2D eigenvalue weighted by molar-refractivity contribution is 7.99. The summed E-state index contributed by atoms with van der Waals surface area (Å²) in [4.78, 5) is 26.1. The topological polar surface area (TPSA) is 74.6 Å². The molecule has 0 bridgehead atoms. The Balaban J connectivity index is 1.46. The quantitative estimate of drug-likeness (QED) is 0.858. The zero-order chi connectivity index (χ0) is 14.7. The van der Waals surface area contributed by atoms with Gasteiger partial charge in [0, 0.05) is 30.8 Å². The molecule has 7 heteroatoms. The Hall–Kier alpha value is -1.47. The van der Waals surface area contributed by atoms with Crippen LogP contribution >= 0.6 is 11.8 Å². The summed E-state index contributed by atoms with van der Waals surface area (Å²) >= 11 is 1.76. The maximum atomic E-state index is 12.3. The molecule has 2 fully saturated rings. The van der Waals surface area contributed by atoms with Crippen LogP contribution in [0, 0.1) is 0 Å². The maximum Gasteiger partial charge on any atom is 0.287 e. The number of carbonyl (C=O) groups excluding carboxylic acids is 2. The first kappa shape index (κ1) is 14.5. The standard InChI is InChI=1S/C14H19N3O3S/c18-13(12-2-1-7-20-12)16-10-3-5-17(6-4-10)14(19)11-8-21-9-15-11/h1-2,7,10-11,15H,3-6,8-9H2,(H,16,18). The van der Waals surface area contributed by atoms with Gasteiger partial charge in [-0.05, 0) is 25.0 Å². The SMILES string of the molecule is O=C(NC1CCN(C(=O)C2CSCN2)CC1)c1ccco1. The van der Waals surface area contributed by atoms with E-state index in [0.717, 1.165) is 24.5 Å². The first-order chi connectivity index (χ1) is 10.2. The lowest BCUT2D eigenvalue weighted by atomic mass is 10.0. The van der Waals surface area contributed by atoms with Crippen LogP contribution in [0.2, 0.25) is 0 Å². The van der Waals surface area contributed by atoms with Gasteiger partial charge in [0.2, 0.25) is 5.91 Å². The van der Waals surface area contributed by atoms with E-state index in [-0.39, 0.29) is 23.9 Å². The molecule has 21 heavy (non-hydrogen) atoms. The fourth-order valence-corrected chi connectivity index (χ4v) is 3.62. The Morgan fingerprint density at radius 3 is 2.81 bits per heavy atom. The van der Waals surface area contributed by atoms with Crippen molar-refractivity contribution >= 4 is 23.6 Å². The molecule has 2 saturated heterocycles. The second-order valence-corrected chi connectivity index (χ2v) is 6.35. The zero-order valence-electron chi connectivity index (χ0n) is 11.7. The van der Waals surface area contributed by atoms with Gasteiger partial charge in [-0.1, -0.05) is 0 Å². The van der Waals surface area contributed by atoms with Crippen molar-refractivity contribution in [3.05, 3.63) is 24.2 Å². The van der Waals surface area contributed by atoms with E-state index in [1.165, 1.54) is 6.26 Å². The molecule has 3 heterocycles. The van der Waals surface area contributed by atoms with Gasteiger partial charge >= 0.3 is 0 Å². The molecule has 2 aliphatic rings. The number of hydrogen-bond acceptors (Lipinski definition) is 5. The largest absolute Gasteiger partial charge is 0.459 e. The number of piperidine rings is 1. The molecule has 1 unspecified atom stereocenters. The Labute approximate surface area is 127 Å². The molecule has 6 nitrogen and oxygen atoms in total. The van der Waals surface area contributed by atoms with Crippen LogP contribution in [-0.4, -0.2) is 53.5 Å². The van der Waals surface area contributed by atoms with E-state index in [1.807, 2.05) is 4.90 Å². The van der Waals surface area contributed by atoms with Gasteiger partial charge in [-0.15, -0.1) is 11.8 Å². The highest BCUT2D eigenvalue weighted by Gasteiger charge is 2.30. The van der Waals surface area contributed by atoms with Gasteiger partial charge in [-0.3, -0.25) is 14.9 Å². The lowest BCUT2D eigenvalue weighted by Crippen LogP contribution is -2.51. The lowest BCUT2D eigenvalue weighted by molar-refractivity contribution is -0.133. The normalized spacial score (nSPS) is 23.2. The molecule has 0 aromatic carbocycles. The molecule has 0 saturated carbocycles. The molecule has 1 aromatic heterocycles. The van der Waals surface area contributed by atoms with Crippen molar-refractivity contribution in [2.24, 2.45) is 0 Å². The number of furan rings is 1. The summed E-state index contributed by atoms with van der Waals surface area (Å²) in [5.74, 6) is 2.05. The van der Waals surface area contributed by atoms with Gasteiger partial charge in [0.25, 0.3) is 5.91 Å². The van der Waals surface area contributed by atoms with Crippen molar-refractivity contribution in [3.63, 3.8) is 0 Å². The van der Waals surface area contributed by atoms with Gasteiger partial charge < -0.3 is 14.6 Å². The number of carbonyl (C=O) groups is 2. The minimum Gasteiger partial charge on any atom is -0.459 e. The Morgan fingerprint density at radius 2 is 2.19 bits per heavy atom. The van der Waals surface area contributed by atoms with Gasteiger partial charge in [0.1, 0.15) is 0 Å². The van der Waals surface area contributed by atoms with E-state index in [2.05, 4.69) is 10.6 Å². The van der Waals surface area contributed by atoms with Crippen LogP contribution in [0.1, 0.15) is 23.4 Å². The molecule has 2 amide bonds. The minimum absolute atomic E-state index is 0.0377. The number of amides is 2. The Morgan fingerprint density at radius 1 is 1.38 bits per heavy atom. The zero-order valence-corrected chi connectivity index (χ0v) is 12.5. The molecule has 1 aromatic rings. The van der Waals surface area contributed by atoms with Crippen molar-refractivity contribution in [2.75, 3.05) is 24.7 Å². The van der Waals surface area contributed by atoms with Crippen LogP contribution in [0.4, 0.5) is 0 Å². The van der Waals surface area contributed by atoms with E-state index >= 15 is 0 Å². The van der Waals surface area contributed by atoms with Crippen molar-refractivity contribution in [1.82, 2.24) is 15.5 Å². The molecular formula is C14H19N3O3S. The monoisotopic (exact) mass is 309 g/mol. The Kier molecular flexibility index (Phi) is 4.50. The highest BCUT2D eigenvalue weighted by Crippen LogP contribution is 2.16. The van der Waals surface area contributed by atoms with E-state index in [4.69, 9.17) is 4.42 Å². The second-order valence-electron chi connectivity index (χ2n) is 5.32. The maximum absolute atomic E-state index is 12.3. The van der Waals surface area contributed by atoms with E-state index in [1.54, 1.807) is 23.9 Å². The van der Waals surface area contributed by atoms with E-state index in [9.17, 15) is 9.59 Å².